The van der Waals surface area contributed by atoms with Crippen LogP contribution in [0.15, 0.2) is 28.6 Å². The average molecular weight is 403 g/mol. The molecule has 3 rings (SSSR count). The lowest BCUT2D eigenvalue weighted by Crippen LogP contribution is -2.43. The molecule has 0 saturated heterocycles. The second-order valence-corrected chi connectivity index (χ2v) is 7.38. The molecule has 0 atom stereocenters. The van der Waals surface area contributed by atoms with Gasteiger partial charge in [-0.2, -0.15) is 13.2 Å². The molecule has 0 unspecified atom stereocenters. The van der Waals surface area contributed by atoms with Crippen molar-refractivity contribution in [3.63, 3.8) is 0 Å². The molecule has 1 aliphatic heterocycles. The first-order chi connectivity index (χ1) is 12.3. The van der Waals surface area contributed by atoms with Crippen LogP contribution in [0.1, 0.15) is 0 Å². The van der Waals surface area contributed by atoms with Crippen LogP contribution in [0.2, 0.25) is 0 Å². The smallest absolute Gasteiger partial charge is 0.351 e. The first kappa shape index (κ1) is 18.5. The highest BCUT2D eigenvalue weighted by molar-refractivity contribution is 8.01. The number of benzene rings is 1. The van der Waals surface area contributed by atoms with E-state index < -0.39 is 12.7 Å². The van der Waals surface area contributed by atoms with E-state index in [4.69, 9.17) is 0 Å². The highest BCUT2D eigenvalue weighted by Gasteiger charge is 2.28. The number of hydrogen-bond donors (Lipinski definition) is 2. The maximum absolute atomic E-state index is 12.5. The molecule has 1 aromatic carbocycles. The molecule has 0 spiro atoms. The van der Waals surface area contributed by atoms with E-state index in [-0.39, 0.29) is 29.2 Å². The van der Waals surface area contributed by atoms with Crippen molar-refractivity contribution in [2.75, 3.05) is 34.4 Å². The molecule has 2 heterocycles. The van der Waals surface area contributed by atoms with Crippen LogP contribution in [0.4, 0.5) is 29.7 Å². The second kappa shape index (κ2) is 7.50. The highest BCUT2D eigenvalue weighted by Crippen LogP contribution is 2.31. The minimum Gasteiger partial charge on any atom is -0.351 e. The van der Waals surface area contributed by atoms with Gasteiger partial charge in [0.15, 0.2) is 4.34 Å². The number of nitrogens with zero attached hydrogens (tertiary/aromatic N) is 3. The quantitative estimate of drug-likeness (QED) is 0.747. The van der Waals surface area contributed by atoms with Crippen molar-refractivity contribution in [2.24, 2.45) is 0 Å². The number of rotatable bonds is 5. The van der Waals surface area contributed by atoms with E-state index in [2.05, 4.69) is 20.8 Å². The van der Waals surface area contributed by atoms with Gasteiger partial charge in [0.1, 0.15) is 13.1 Å². The summed E-state index contributed by atoms with van der Waals surface area (Å²) in [5.41, 5.74) is 1.15. The number of fused-ring (bicyclic) bond motifs is 1. The number of nitrogens with one attached hydrogen (secondary N) is 2. The molecule has 0 aliphatic carbocycles. The molecule has 2 aromatic rings. The second-order valence-electron chi connectivity index (χ2n) is 5.18. The molecule has 138 valence electrons. The number of aromatic nitrogens is 2. The fourth-order valence-electron chi connectivity index (χ4n) is 2.17. The van der Waals surface area contributed by atoms with Gasteiger partial charge in [-0.05, 0) is 12.1 Å². The number of carbonyl (C=O) groups excluding carboxylic acids is 2. The topological polar surface area (TPSA) is 87.2 Å². The number of thioether (sulfide) groups is 1. The number of halogens is 3. The Balaban J connectivity index is 1.60. The van der Waals surface area contributed by atoms with Gasteiger partial charge in [0, 0.05) is 0 Å². The van der Waals surface area contributed by atoms with Crippen molar-refractivity contribution in [1.82, 2.24) is 10.2 Å². The summed E-state index contributed by atoms with van der Waals surface area (Å²) >= 11 is 1.98. The first-order valence-electron chi connectivity index (χ1n) is 7.28. The minimum absolute atomic E-state index is 0.0183. The fourth-order valence-corrected chi connectivity index (χ4v) is 3.80. The Morgan fingerprint density at radius 1 is 1.35 bits per heavy atom. The zero-order chi connectivity index (χ0) is 18.7. The Bertz CT molecular complexity index is 827. The van der Waals surface area contributed by atoms with Crippen molar-refractivity contribution in [1.29, 1.82) is 0 Å². The summed E-state index contributed by atoms with van der Waals surface area (Å²) in [6, 6.07) is 6.93. The summed E-state index contributed by atoms with van der Waals surface area (Å²) < 4.78 is 36.9. The summed E-state index contributed by atoms with van der Waals surface area (Å²) in [6.07, 6.45) is -4.35. The molecule has 0 saturated carbocycles. The van der Waals surface area contributed by atoms with Crippen LogP contribution in [-0.4, -0.2) is 47.0 Å². The monoisotopic (exact) mass is 403 g/mol. The summed E-state index contributed by atoms with van der Waals surface area (Å²) in [5, 5.41) is 12.2. The summed E-state index contributed by atoms with van der Waals surface area (Å²) in [7, 11) is 0. The molecule has 1 aliphatic rings. The fraction of sp³-hybridized carbons (Fsp3) is 0.286. The Labute approximate surface area is 154 Å². The minimum atomic E-state index is -4.35. The van der Waals surface area contributed by atoms with Gasteiger partial charge in [-0.1, -0.05) is 35.2 Å². The maximum atomic E-state index is 12.5. The molecular weight excluding hydrogens is 391 g/mol. The highest BCUT2D eigenvalue weighted by atomic mass is 32.2. The van der Waals surface area contributed by atoms with E-state index in [1.54, 1.807) is 24.3 Å². The zero-order valence-corrected chi connectivity index (χ0v) is 14.7. The third-order valence-corrected chi connectivity index (χ3v) is 5.24. The lowest BCUT2D eigenvalue weighted by atomic mass is 10.2. The Hall–Kier alpha value is -2.34. The summed E-state index contributed by atoms with van der Waals surface area (Å²) in [6.45, 7) is -1.30. The first-order valence-corrected chi connectivity index (χ1v) is 9.08. The van der Waals surface area contributed by atoms with Crippen LogP contribution < -0.4 is 15.5 Å². The van der Waals surface area contributed by atoms with Gasteiger partial charge in [-0.3, -0.25) is 9.59 Å². The number of para-hydroxylation sites is 2. The number of hydrogen-bond acceptors (Lipinski definition) is 7. The van der Waals surface area contributed by atoms with Gasteiger partial charge in [-0.15, -0.1) is 10.2 Å². The van der Waals surface area contributed by atoms with Gasteiger partial charge >= 0.3 is 6.18 Å². The van der Waals surface area contributed by atoms with E-state index >= 15 is 0 Å². The predicted molar refractivity (Wildman–Crippen MR) is 92.6 cm³/mol. The molecule has 26 heavy (non-hydrogen) atoms. The van der Waals surface area contributed by atoms with Crippen LogP contribution in [-0.2, 0) is 9.59 Å². The number of amides is 2. The molecular formula is C14H12F3N5O2S2. The van der Waals surface area contributed by atoms with Crippen LogP contribution in [0.3, 0.4) is 0 Å². The van der Waals surface area contributed by atoms with Crippen molar-refractivity contribution in [2.45, 2.75) is 10.5 Å². The third kappa shape index (κ3) is 4.64. The molecule has 0 radical (unpaired) electrons. The van der Waals surface area contributed by atoms with Crippen molar-refractivity contribution >= 4 is 51.4 Å². The predicted octanol–water partition coefficient (Wildman–Crippen LogP) is 2.59. The standard InChI is InChI=1S/C14H12F3N5O2S2/c15-14(16,17)7-18-12-20-21-13(26-12)25-6-11(24)22-5-10(23)19-8-3-1-2-4-9(8)22/h1-4H,5-7H2,(H,18,20)(H,19,23). The average Bonchev–Trinajstić information content (AvgIpc) is 3.04. The molecule has 12 heteroatoms. The molecule has 2 N–H and O–H groups in total. The van der Waals surface area contributed by atoms with Crippen LogP contribution in [0, 0.1) is 0 Å². The number of carbonyl (C=O) groups is 2. The Morgan fingerprint density at radius 3 is 2.88 bits per heavy atom. The van der Waals surface area contributed by atoms with Crippen LogP contribution in [0.25, 0.3) is 0 Å². The van der Waals surface area contributed by atoms with Crippen LogP contribution in [0.5, 0.6) is 0 Å². The van der Waals surface area contributed by atoms with E-state index in [0.717, 1.165) is 23.1 Å². The summed E-state index contributed by atoms with van der Waals surface area (Å²) in [4.78, 5) is 25.6. The number of alkyl halides is 3. The molecule has 1 aromatic heterocycles. The zero-order valence-electron chi connectivity index (χ0n) is 13.0. The molecule has 0 bridgehead atoms. The lowest BCUT2D eigenvalue weighted by molar-refractivity contribution is -0.120. The third-order valence-electron chi connectivity index (χ3n) is 3.24. The van der Waals surface area contributed by atoms with E-state index in [1.807, 2.05) is 0 Å². The Morgan fingerprint density at radius 2 is 2.12 bits per heavy atom. The van der Waals surface area contributed by atoms with Gasteiger partial charge < -0.3 is 15.5 Å². The van der Waals surface area contributed by atoms with Gasteiger partial charge in [0.25, 0.3) is 0 Å². The van der Waals surface area contributed by atoms with E-state index in [0.29, 0.717) is 15.7 Å². The Kier molecular flexibility index (Phi) is 5.32. The molecule has 2 amide bonds. The van der Waals surface area contributed by atoms with Gasteiger partial charge in [0.05, 0.1) is 17.1 Å². The van der Waals surface area contributed by atoms with Crippen molar-refractivity contribution in [3.05, 3.63) is 24.3 Å². The van der Waals surface area contributed by atoms with Crippen molar-refractivity contribution in [3.8, 4) is 0 Å². The molecule has 7 nitrogen and oxygen atoms in total. The van der Waals surface area contributed by atoms with Gasteiger partial charge in [0.2, 0.25) is 16.9 Å². The normalized spacial score (nSPS) is 14.0. The van der Waals surface area contributed by atoms with E-state index in [1.165, 1.54) is 4.90 Å². The van der Waals surface area contributed by atoms with Crippen LogP contribution >= 0.6 is 23.1 Å². The lowest BCUT2D eigenvalue weighted by Gasteiger charge is -2.28. The van der Waals surface area contributed by atoms with Gasteiger partial charge in [-0.25, -0.2) is 0 Å². The summed E-state index contributed by atoms with van der Waals surface area (Å²) in [5.74, 6) is -0.621. The number of anilines is 3. The largest absolute Gasteiger partial charge is 0.405 e. The van der Waals surface area contributed by atoms with Crippen molar-refractivity contribution < 1.29 is 22.8 Å². The molecule has 0 fully saturated rings. The SMILES string of the molecule is O=C1CN(C(=O)CSc2nnc(NCC(F)(F)F)s2)c2ccccc2N1. The van der Waals surface area contributed by atoms with E-state index in [9.17, 15) is 22.8 Å². The maximum Gasteiger partial charge on any atom is 0.405 e.